The zero-order valence-electron chi connectivity index (χ0n) is 13.5. The summed E-state index contributed by atoms with van der Waals surface area (Å²) in [4.78, 5) is 30.5. The number of hydrogen-bond acceptors (Lipinski definition) is 7. The third kappa shape index (κ3) is 3.83. The molecule has 0 bridgehead atoms. The standard InChI is InChI=1S/C16H20N6O2/c1-12-19-8-13(9-20-12)14(23)21-10-16(24)4-2-7-22(11-16)15-17-5-3-6-18-15/h3,5-6,8-9,24H,2,4,7,10-11H2,1H3,(H,21,23)/t16-/m1/s1. The van der Waals surface area contributed by atoms with E-state index in [2.05, 4.69) is 25.3 Å². The van der Waals surface area contributed by atoms with Gasteiger partial charge in [0.1, 0.15) is 5.82 Å². The summed E-state index contributed by atoms with van der Waals surface area (Å²) in [6.45, 7) is 3.07. The Hall–Kier alpha value is -2.61. The van der Waals surface area contributed by atoms with Crippen LogP contribution in [-0.4, -0.2) is 56.2 Å². The van der Waals surface area contributed by atoms with Gasteiger partial charge >= 0.3 is 0 Å². The second-order valence-corrected chi connectivity index (χ2v) is 6.00. The molecule has 1 fully saturated rings. The van der Waals surface area contributed by atoms with Crippen LogP contribution < -0.4 is 10.2 Å². The molecule has 0 aromatic carbocycles. The van der Waals surface area contributed by atoms with Crippen LogP contribution in [0.3, 0.4) is 0 Å². The van der Waals surface area contributed by atoms with Gasteiger partial charge in [-0.2, -0.15) is 0 Å². The Morgan fingerprint density at radius 3 is 2.71 bits per heavy atom. The normalized spacial score (nSPS) is 20.7. The highest BCUT2D eigenvalue weighted by molar-refractivity contribution is 5.93. The van der Waals surface area contributed by atoms with Crippen LogP contribution in [0.5, 0.6) is 0 Å². The van der Waals surface area contributed by atoms with Crippen LogP contribution in [0.15, 0.2) is 30.9 Å². The van der Waals surface area contributed by atoms with Crippen molar-refractivity contribution in [2.45, 2.75) is 25.4 Å². The highest BCUT2D eigenvalue weighted by Crippen LogP contribution is 2.23. The highest BCUT2D eigenvalue weighted by atomic mass is 16.3. The Morgan fingerprint density at radius 1 is 1.29 bits per heavy atom. The molecule has 0 aliphatic carbocycles. The lowest BCUT2D eigenvalue weighted by Gasteiger charge is -2.39. The summed E-state index contributed by atoms with van der Waals surface area (Å²) in [7, 11) is 0. The van der Waals surface area contributed by atoms with Crippen molar-refractivity contribution in [1.29, 1.82) is 0 Å². The SMILES string of the molecule is Cc1ncc(C(=O)NC[C@]2(O)CCCN(c3ncccn3)C2)cn1. The molecule has 24 heavy (non-hydrogen) atoms. The molecular formula is C16H20N6O2. The second-order valence-electron chi connectivity index (χ2n) is 6.00. The van der Waals surface area contributed by atoms with Crippen LogP contribution in [0, 0.1) is 6.92 Å². The lowest BCUT2D eigenvalue weighted by Crippen LogP contribution is -2.54. The first-order valence-electron chi connectivity index (χ1n) is 7.87. The second kappa shape index (κ2) is 6.88. The molecule has 2 aromatic heterocycles. The summed E-state index contributed by atoms with van der Waals surface area (Å²) in [5.41, 5.74) is -0.637. The van der Waals surface area contributed by atoms with Crippen LogP contribution >= 0.6 is 0 Å². The Kier molecular flexibility index (Phi) is 4.66. The topological polar surface area (TPSA) is 104 Å². The number of hydrogen-bond donors (Lipinski definition) is 2. The number of carbonyl (C=O) groups excluding carboxylic acids is 1. The molecule has 1 atom stereocenters. The van der Waals surface area contributed by atoms with E-state index in [1.807, 2.05) is 4.90 Å². The van der Waals surface area contributed by atoms with E-state index in [-0.39, 0.29) is 12.5 Å². The molecule has 1 amide bonds. The fourth-order valence-corrected chi connectivity index (χ4v) is 2.74. The monoisotopic (exact) mass is 328 g/mol. The minimum Gasteiger partial charge on any atom is -0.386 e. The van der Waals surface area contributed by atoms with Crippen molar-refractivity contribution in [3.05, 3.63) is 42.2 Å². The number of carbonyl (C=O) groups is 1. The van der Waals surface area contributed by atoms with E-state index < -0.39 is 5.60 Å². The van der Waals surface area contributed by atoms with Crippen molar-refractivity contribution >= 4 is 11.9 Å². The van der Waals surface area contributed by atoms with Crippen molar-refractivity contribution in [1.82, 2.24) is 25.3 Å². The fraction of sp³-hybridized carbons (Fsp3) is 0.438. The quantitative estimate of drug-likeness (QED) is 0.834. The summed E-state index contributed by atoms with van der Waals surface area (Å²) in [5, 5.41) is 13.6. The average molecular weight is 328 g/mol. The first-order chi connectivity index (χ1) is 11.6. The molecular weight excluding hydrogens is 308 g/mol. The first kappa shape index (κ1) is 16.3. The molecule has 8 heteroatoms. The molecule has 1 saturated heterocycles. The fourth-order valence-electron chi connectivity index (χ4n) is 2.74. The lowest BCUT2D eigenvalue weighted by molar-refractivity contribution is 0.0252. The van der Waals surface area contributed by atoms with E-state index in [0.29, 0.717) is 30.3 Å². The van der Waals surface area contributed by atoms with Gasteiger partial charge in [-0.15, -0.1) is 0 Å². The van der Waals surface area contributed by atoms with Crippen LogP contribution in [-0.2, 0) is 0 Å². The molecule has 2 aromatic rings. The third-order valence-electron chi connectivity index (χ3n) is 4.01. The molecule has 0 unspecified atom stereocenters. The van der Waals surface area contributed by atoms with Crippen LogP contribution in [0.2, 0.25) is 0 Å². The Morgan fingerprint density at radius 2 is 2.00 bits per heavy atom. The number of aryl methyl sites for hydroxylation is 1. The maximum Gasteiger partial charge on any atom is 0.254 e. The van der Waals surface area contributed by atoms with E-state index in [1.54, 1.807) is 25.4 Å². The number of piperidine rings is 1. The van der Waals surface area contributed by atoms with Gasteiger partial charge in [-0.1, -0.05) is 0 Å². The summed E-state index contributed by atoms with van der Waals surface area (Å²) in [5.74, 6) is 0.904. The van der Waals surface area contributed by atoms with Crippen molar-refractivity contribution in [3.63, 3.8) is 0 Å². The molecule has 0 spiro atoms. The van der Waals surface area contributed by atoms with E-state index in [4.69, 9.17) is 0 Å². The van der Waals surface area contributed by atoms with Gasteiger partial charge in [0.2, 0.25) is 5.95 Å². The van der Waals surface area contributed by atoms with Gasteiger partial charge in [0.25, 0.3) is 5.91 Å². The van der Waals surface area contributed by atoms with Gasteiger partial charge < -0.3 is 15.3 Å². The molecule has 1 aliphatic rings. The van der Waals surface area contributed by atoms with Crippen molar-refractivity contribution in [2.24, 2.45) is 0 Å². The molecule has 0 saturated carbocycles. The molecule has 0 radical (unpaired) electrons. The summed E-state index contributed by atoms with van der Waals surface area (Å²) >= 11 is 0. The molecule has 2 N–H and O–H groups in total. The van der Waals surface area contributed by atoms with Crippen LogP contribution in [0.25, 0.3) is 0 Å². The maximum absolute atomic E-state index is 12.2. The number of rotatable bonds is 4. The highest BCUT2D eigenvalue weighted by Gasteiger charge is 2.34. The van der Waals surface area contributed by atoms with Gasteiger partial charge in [0.05, 0.1) is 17.7 Å². The van der Waals surface area contributed by atoms with Gasteiger partial charge in [-0.3, -0.25) is 4.79 Å². The van der Waals surface area contributed by atoms with Crippen molar-refractivity contribution in [2.75, 3.05) is 24.5 Å². The van der Waals surface area contributed by atoms with Crippen LogP contribution in [0.4, 0.5) is 5.95 Å². The predicted molar refractivity (Wildman–Crippen MR) is 87.5 cm³/mol. The van der Waals surface area contributed by atoms with Crippen LogP contribution in [0.1, 0.15) is 29.0 Å². The number of aromatic nitrogens is 4. The smallest absolute Gasteiger partial charge is 0.254 e. The number of anilines is 1. The molecule has 3 rings (SSSR count). The predicted octanol–water partition coefficient (Wildman–Crippen LogP) is 0.336. The summed E-state index contributed by atoms with van der Waals surface area (Å²) < 4.78 is 0. The lowest BCUT2D eigenvalue weighted by atomic mass is 9.93. The minimum absolute atomic E-state index is 0.156. The summed E-state index contributed by atoms with van der Waals surface area (Å²) in [6.07, 6.45) is 7.73. The molecule has 126 valence electrons. The number of β-amino-alcohol motifs (C(OH)–C–C–N with tert-alkyl or cyclic N) is 1. The number of nitrogens with zero attached hydrogens (tertiary/aromatic N) is 5. The maximum atomic E-state index is 12.2. The van der Waals surface area contributed by atoms with Crippen molar-refractivity contribution < 1.29 is 9.90 Å². The Bertz CT molecular complexity index is 693. The molecule has 8 nitrogen and oxygen atoms in total. The molecule has 3 heterocycles. The number of aliphatic hydroxyl groups is 1. The summed E-state index contributed by atoms with van der Waals surface area (Å²) in [6, 6.07) is 1.75. The number of nitrogens with one attached hydrogen (secondary N) is 1. The van der Waals surface area contributed by atoms with E-state index in [9.17, 15) is 9.90 Å². The Labute approximate surface area is 140 Å². The van der Waals surface area contributed by atoms with E-state index >= 15 is 0 Å². The zero-order chi connectivity index (χ0) is 17.0. The Balaban J connectivity index is 1.61. The molecule has 1 aliphatic heterocycles. The largest absolute Gasteiger partial charge is 0.386 e. The zero-order valence-corrected chi connectivity index (χ0v) is 13.5. The van der Waals surface area contributed by atoms with Crippen molar-refractivity contribution in [3.8, 4) is 0 Å². The first-order valence-corrected chi connectivity index (χ1v) is 7.87. The van der Waals surface area contributed by atoms with Gasteiger partial charge in [-0.05, 0) is 25.8 Å². The minimum atomic E-state index is -1.02. The number of amides is 1. The van der Waals surface area contributed by atoms with E-state index in [0.717, 1.165) is 13.0 Å². The van der Waals surface area contributed by atoms with E-state index in [1.165, 1.54) is 12.4 Å². The van der Waals surface area contributed by atoms with Gasteiger partial charge in [-0.25, -0.2) is 19.9 Å². The van der Waals surface area contributed by atoms with Gasteiger partial charge in [0, 0.05) is 37.9 Å². The third-order valence-corrected chi connectivity index (χ3v) is 4.01. The van der Waals surface area contributed by atoms with Gasteiger partial charge in [0.15, 0.2) is 0 Å². The average Bonchev–Trinajstić information content (AvgIpc) is 2.61.